The number of hydrogen-bond acceptors (Lipinski definition) is 5. The summed E-state index contributed by atoms with van der Waals surface area (Å²) in [7, 11) is -0.677. The van der Waals surface area contributed by atoms with Crippen LogP contribution in [0.15, 0.2) is 11.5 Å². The highest BCUT2D eigenvalue weighted by atomic mass is 16.7. The molecule has 0 bridgehead atoms. The Morgan fingerprint density at radius 1 is 1.25 bits per heavy atom. The van der Waals surface area contributed by atoms with Gasteiger partial charge in [-0.3, -0.25) is 4.90 Å². The SMILES string of the molecule is CC(C)(C)OC(=O)N1CC(B2OC(C)(C)C(C)(C)O2)=C[C@H]1C(=O)O. The molecule has 2 rings (SSSR count). The van der Waals surface area contributed by atoms with Crippen LogP contribution in [0.3, 0.4) is 0 Å². The largest absolute Gasteiger partial charge is 0.492 e. The molecule has 0 spiro atoms. The number of ether oxygens (including phenoxy) is 1. The molecule has 0 aromatic rings. The summed E-state index contributed by atoms with van der Waals surface area (Å²) >= 11 is 0. The summed E-state index contributed by atoms with van der Waals surface area (Å²) < 4.78 is 17.2. The Morgan fingerprint density at radius 2 is 1.75 bits per heavy atom. The second-order valence-electron chi connectivity index (χ2n) is 8.22. The fraction of sp³-hybridized carbons (Fsp3) is 0.750. The molecule has 0 aromatic carbocycles. The van der Waals surface area contributed by atoms with Gasteiger partial charge in [-0.05, 0) is 53.9 Å². The summed E-state index contributed by atoms with van der Waals surface area (Å²) in [4.78, 5) is 25.0. The zero-order valence-corrected chi connectivity index (χ0v) is 15.4. The van der Waals surface area contributed by atoms with Gasteiger partial charge in [0, 0.05) is 6.54 Å². The first-order chi connectivity index (χ1) is 10.7. The Bertz CT molecular complexity index is 562. The van der Waals surface area contributed by atoms with Gasteiger partial charge in [-0.1, -0.05) is 6.08 Å². The number of aliphatic carboxylic acids is 1. The van der Waals surface area contributed by atoms with Gasteiger partial charge in [0.1, 0.15) is 5.60 Å². The van der Waals surface area contributed by atoms with Crippen LogP contribution in [-0.4, -0.2) is 58.6 Å². The van der Waals surface area contributed by atoms with E-state index in [1.165, 1.54) is 11.0 Å². The van der Waals surface area contributed by atoms with E-state index in [2.05, 4.69) is 0 Å². The zero-order valence-electron chi connectivity index (χ0n) is 15.4. The van der Waals surface area contributed by atoms with Gasteiger partial charge in [0.15, 0.2) is 6.04 Å². The lowest BCUT2D eigenvalue weighted by Gasteiger charge is -2.32. The zero-order chi connectivity index (χ0) is 18.5. The Hall–Kier alpha value is -1.54. The third-order valence-corrected chi connectivity index (χ3v) is 4.50. The van der Waals surface area contributed by atoms with Crippen LogP contribution in [0, 0.1) is 0 Å². The summed E-state index contributed by atoms with van der Waals surface area (Å²) in [6.07, 6.45) is 0.840. The van der Waals surface area contributed by atoms with Gasteiger partial charge >= 0.3 is 19.2 Å². The Labute approximate surface area is 143 Å². The molecule has 1 atom stereocenters. The third-order valence-electron chi connectivity index (χ3n) is 4.50. The molecule has 24 heavy (non-hydrogen) atoms. The minimum Gasteiger partial charge on any atom is -0.479 e. The lowest BCUT2D eigenvalue weighted by molar-refractivity contribution is -0.140. The van der Waals surface area contributed by atoms with Gasteiger partial charge in [0.25, 0.3) is 0 Å². The van der Waals surface area contributed by atoms with Crippen molar-refractivity contribution >= 4 is 19.2 Å². The lowest BCUT2D eigenvalue weighted by Crippen LogP contribution is -2.44. The van der Waals surface area contributed by atoms with Gasteiger partial charge in [-0.25, -0.2) is 9.59 Å². The van der Waals surface area contributed by atoms with Gasteiger partial charge < -0.3 is 19.2 Å². The van der Waals surface area contributed by atoms with E-state index in [1.807, 2.05) is 27.7 Å². The second kappa shape index (κ2) is 5.77. The molecular formula is C16H26BNO6. The number of hydrogen-bond donors (Lipinski definition) is 1. The maximum atomic E-state index is 12.3. The van der Waals surface area contributed by atoms with Gasteiger partial charge in [-0.2, -0.15) is 0 Å². The molecule has 0 unspecified atom stereocenters. The molecule has 0 saturated carbocycles. The number of carboxylic acids is 1. The first-order valence-corrected chi connectivity index (χ1v) is 8.02. The number of amides is 1. The molecule has 1 amide bonds. The van der Waals surface area contributed by atoms with E-state index >= 15 is 0 Å². The summed E-state index contributed by atoms with van der Waals surface area (Å²) in [6, 6.07) is -1.09. The molecule has 1 saturated heterocycles. The van der Waals surface area contributed by atoms with E-state index in [9.17, 15) is 14.7 Å². The predicted octanol–water partition coefficient (Wildman–Crippen LogP) is 2.25. The van der Waals surface area contributed by atoms with Crippen molar-refractivity contribution in [2.45, 2.75) is 71.3 Å². The Kier molecular flexibility index (Phi) is 4.52. The first kappa shape index (κ1) is 18.8. The molecule has 0 aliphatic carbocycles. The number of rotatable bonds is 2. The van der Waals surface area contributed by atoms with E-state index in [4.69, 9.17) is 14.0 Å². The van der Waals surface area contributed by atoms with E-state index in [-0.39, 0.29) is 6.54 Å². The first-order valence-electron chi connectivity index (χ1n) is 8.02. The molecule has 2 heterocycles. The van der Waals surface area contributed by atoms with Crippen molar-refractivity contribution in [2.75, 3.05) is 6.54 Å². The fourth-order valence-electron chi connectivity index (χ4n) is 2.49. The van der Waals surface area contributed by atoms with Crippen LogP contribution in [0.4, 0.5) is 4.79 Å². The minimum absolute atomic E-state index is 0.0999. The highest BCUT2D eigenvalue weighted by Gasteiger charge is 2.54. The van der Waals surface area contributed by atoms with Crippen molar-refractivity contribution in [2.24, 2.45) is 0 Å². The third kappa shape index (κ3) is 3.59. The molecule has 7 nitrogen and oxygen atoms in total. The lowest BCUT2D eigenvalue weighted by atomic mass is 9.78. The van der Waals surface area contributed by atoms with Crippen LogP contribution in [0.25, 0.3) is 0 Å². The van der Waals surface area contributed by atoms with Crippen molar-refractivity contribution in [3.63, 3.8) is 0 Å². The van der Waals surface area contributed by atoms with Gasteiger partial charge in [0.2, 0.25) is 0 Å². The van der Waals surface area contributed by atoms with Crippen LogP contribution in [-0.2, 0) is 18.8 Å². The van der Waals surface area contributed by atoms with Crippen molar-refractivity contribution in [1.82, 2.24) is 4.90 Å². The molecule has 0 aromatic heterocycles. The van der Waals surface area contributed by atoms with E-state index in [0.29, 0.717) is 5.47 Å². The summed E-state index contributed by atoms with van der Waals surface area (Å²) in [5.74, 6) is -1.12. The van der Waals surface area contributed by atoms with Gasteiger partial charge in [0.05, 0.1) is 11.2 Å². The summed E-state index contributed by atoms with van der Waals surface area (Å²) in [5.41, 5.74) is -1.15. The van der Waals surface area contributed by atoms with E-state index in [1.54, 1.807) is 20.8 Å². The van der Waals surface area contributed by atoms with Crippen molar-refractivity contribution in [1.29, 1.82) is 0 Å². The Morgan fingerprint density at radius 3 is 2.17 bits per heavy atom. The number of carboxylic acid groups (broad SMARTS) is 1. The number of nitrogens with zero attached hydrogens (tertiary/aromatic N) is 1. The van der Waals surface area contributed by atoms with Crippen LogP contribution in [0.2, 0.25) is 0 Å². The second-order valence-corrected chi connectivity index (χ2v) is 8.22. The Balaban J connectivity index is 2.19. The van der Waals surface area contributed by atoms with Crippen molar-refractivity contribution in [3.05, 3.63) is 11.5 Å². The maximum absolute atomic E-state index is 12.3. The normalized spacial score (nSPS) is 25.6. The van der Waals surface area contributed by atoms with Gasteiger partial charge in [-0.15, -0.1) is 0 Å². The molecule has 0 radical (unpaired) electrons. The highest BCUT2D eigenvalue weighted by Crippen LogP contribution is 2.39. The minimum atomic E-state index is -1.12. The van der Waals surface area contributed by atoms with E-state index < -0.39 is 42.0 Å². The standard InChI is InChI=1S/C16H26BNO6/c1-14(2,3)22-13(21)18-9-10(8-11(18)12(19)20)17-23-15(4,5)16(6,7)24-17/h8,11H,9H2,1-7H3,(H,19,20)/t11-/m0/s1. The summed E-state index contributed by atoms with van der Waals surface area (Å²) in [5, 5.41) is 9.42. The average Bonchev–Trinajstić information content (AvgIpc) is 2.87. The predicted molar refractivity (Wildman–Crippen MR) is 88.5 cm³/mol. The molecule has 1 N–H and O–H groups in total. The molecule has 2 aliphatic rings. The van der Waals surface area contributed by atoms with Crippen LogP contribution >= 0.6 is 0 Å². The topological polar surface area (TPSA) is 85.3 Å². The van der Waals surface area contributed by atoms with Crippen LogP contribution in [0.1, 0.15) is 48.5 Å². The molecule has 8 heteroatoms. The summed E-state index contributed by atoms with van der Waals surface area (Å²) in [6.45, 7) is 13.0. The number of carbonyl (C=O) groups excluding carboxylic acids is 1. The quantitative estimate of drug-likeness (QED) is 0.777. The van der Waals surface area contributed by atoms with Crippen LogP contribution < -0.4 is 0 Å². The van der Waals surface area contributed by atoms with Crippen molar-refractivity contribution < 1.29 is 28.7 Å². The highest BCUT2D eigenvalue weighted by molar-refractivity contribution is 6.55. The van der Waals surface area contributed by atoms with Crippen molar-refractivity contribution in [3.8, 4) is 0 Å². The average molecular weight is 339 g/mol. The molecule has 1 fully saturated rings. The smallest absolute Gasteiger partial charge is 0.479 e. The molecule has 2 aliphatic heterocycles. The van der Waals surface area contributed by atoms with E-state index in [0.717, 1.165) is 0 Å². The fourth-order valence-corrected chi connectivity index (χ4v) is 2.49. The van der Waals surface area contributed by atoms with Crippen LogP contribution in [0.5, 0.6) is 0 Å². The maximum Gasteiger partial charge on any atom is 0.492 e. The molecule has 134 valence electrons. The number of carbonyl (C=O) groups is 2. The monoisotopic (exact) mass is 339 g/mol. The molecular weight excluding hydrogens is 313 g/mol.